The summed E-state index contributed by atoms with van der Waals surface area (Å²) in [7, 11) is 0. The number of unbranched alkanes of at least 4 members (excludes halogenated alkanes) is 19. The second kappa shape index (κ2) is 67.3. The zero-order valence-electron chi connectivity index (χ0n) is 52.0. The molecule has 0 radical (unpaired) electrons. The van der Waals surface area contributed by atoms with Gasteiger partial charge >= 0.3 is 17.9 Å². The molecule has 1 atom stereocenters. The van der Waals surface area contributed by atoms with Gasteiger partial charge in [-0.25, -0.2) is 0 Å². The van der Waals surface area contributed by atoms with Gasteiger partial charge in [0.2, 0.25) is 0 Å². The molecule has 1 unspecified atom stereocenters. The number of hydrogen-bond donors (Lipinski definition) is 0. The van der Waals surface area contributed by atoms with E-state index in [0.717, 1.165) is 141 Å². The number of ether oxygens (including phenoxy) is 3. The van der Waals surface area contributed by atoms with Crippen LogP contribution < -0.4 is 0 Å². The summed E-state index contributed by atoms with van der Waals surface area (Å²) in [6, 6.07) is 0. The second-order valence-corrected chi connectivity index (χ2v) is 20.9. The minimum atomic E-state index is -0.839. The molecule has 0 bridgehead atoms. The molecular weight excluding hydrogens is 997 g/mol. The number of esters is 3. The first kappa shape index (κ1) is 75.8. The summed E-state index contributed by atoms with van der Waals surface area (Å²) in [5.41, 5.74) is 0. The molecule has 454 valence electrons. The van der Waals surface area contributed by atoms with E-state index in [-0.39, 0.29) is 38.0 Å². The SMILES string of the molecule is CC/C=C\C/C=C\C/C=C\C/C=C\C/C=C\C/C=C\CCCCCCCCCCC(=O)OCC(COC(=O)C/C=C\C/C=C\C/C=C\C/C=C\C/C=C\CC)OC(=O)CCCCCCCC/C=C\C/C=C\C/C=C\CCCCCCC. The van der Waals surface area contributed by atoms with Gasteiger partial charge in [-0.1, -0.05) is 281 Å². The molecule has 0 aliphatic carbocycles. The Hall–Kier alpha value is -5.23. The highest BCUT2D eigenvalue weighted by atomic mass is 16.6. The summed E-state index contributed by atoms with van der Waals surface area (Å²) < 4.78 is 16.8. The quantitative estimate of drug-likeness (QED) is 0.0261. The van der Waals surface area contributed by atoms with Gasteiger partial charge in [0.1, 0.15) is 13.2 Å². The first-order chi connectivity index (χ1) is 40.0. The highest BCUT2D eigenvalue weighted by molar-refractivity contribution is 5.72. The first-order valence-electron chi connectivity index (χ1n) is 32.6. The van der Waals surface area contributed by atoms with Crippen LogP contribution in [0.2, 0.25) is 0 Å². The largest absolute Gasteiger partial charge is 0.462 e. The van der Waals surface area contributed by atoms with Crippen molar-refractivity contribution in [2.24, 2.45) is 0 Å². The van der Waals surface area contributed by atoms with Crippen molar-refractivity contribution in [2.45, 2.75) is 271 Å². The van der Waals surface area contributed by atoms with Gasteiger partial charge in [0.05, 0.1) is 6.42 Å². The van der Waals surface area contributed by atoms with Crippen LogP contribution in [0, 0.1) is 0 Å². The maximum Gasteiger partial charge on any atom is 0.309 e. The fourth-order valence-electron chi connectivity index (χ4n) is 8.41. The van der Waals surface area contributed by atoms with Crippen LogP contribution in [0.1, 0.15) is 265 Å². The summed E-state index contributed by atoms with van der Waals surface area (Å²) >= 11 is 0. The molecule has 0 aliphatic rings. The van der Waals surface area contributed by atoms with Gasteiger partial charge in [0.15, 0.2) is 6.10 Å². The van der Waals surface area contributed by atoms with Crippen molar-refractivity contribution in [3.8, 4) is 0 Å². The van der Waals surface area contributed by atoms with Gasteiger partial charge in [-0.05, 0) is 135 Å². The minimum absolute atomic E-state index is 0.114. The third kappa shape index (κ3) is 65.5. The van der Waals surface area contributed by atoms with Gasteiger partial charge in [-0.2, -0.15) is 0 Å². The monoisotopic (exact) mass is 1110 g/mol. The van der Waals surface area contributed by atoms with E-state index in [1.165, 1.54) is 83.5 Å². The highest BCUT2D eigenvalue weighted by Gasteiger charge is 2.19. The lowest BCUT2D eigenvalue weighted by Gasteiger charge is -2.18. The van der Waals surface area contributed by atoms with Gasteiger partial charge in [-0.15, -0.1) is 0 Å². The molecule has 0 spiro atoms. The molecule has 81 heavy (non-hydrogen) atoms. The van der Waals surface area contributed by atoms with Crippen LogP contribution in [0.4, 0.5) is 0 Å². The lowest BCUT2D eigenvalue weighted by atomic mass is 10.1. The summed E-state index contributed by atoms with van der Waals surface area (Å²) in [6.07, 6.45) is 99.5. The average molecular weight is 1120 g/mol. The van der Waals surface area contributed by atoms with Crippen molar-refractivity contribution in [1.29, 1.82) is 0 Å². The summed E-state index contributed by atoms with van der Waals surface area (Å²) in [4.78, 5) is 38.3. The third-order valence-corrected chi connectivity index (χ3v) is 13.2. The molecule has 0 aromatic heterocycles. The van der Waals surface area contributed by atoms with Crippen molar-refractivity contribution in [3.05, 3.63) is 170 Å². The molecule has 0 fully saturated rings. The molecule has 0 heterocycles. The van der Waals surface area contributed by atoms with E-state index in [1.54, 1.807) is 6.08 Å². The minimum Gasteiger partial charge on any atom is -0.462 e. The fourth-order valence-corrected chi connectivity index (χ4v) is 8.41. The van der Waals surface area contributed by atoms with Gasteiger partial charge in [0.25, 0.3) is 0 Å². The molecule has 0 aromatic rings. The normalized spacial score (nSPS) is 13.3. The van der Waals surface area contributed by atoms with E-state index in [1.807, 2.05) is 6.08 Å². The van der Waals surface area contributed by atoms with Gasteiger partial charge < -0.3 is 14.2 Å². The Bertz CT molecular complexity index is 1860. The molecule has 0 rings (SSSR count). The predicted octanol–water partition coefficient (Wildman–Crippen LogP) is 22.7. The Morgan fingerprint density at radius 2 is 0.531 bits per heavy atom. The van der Waals surface area contributed by atoms with Gasteiger partial charge in [-0.3, -0.25) is 14.4 Å². The number of hydrogen-bond acceptors (Lipinski definition) is 6. The van der Waals surface area contributed by atoms with Crippen LogP contribution in [0.15, 0.2) is 170 Å². The van der Waals surface area contributed by atoms with Crippen LogP contribution >= 0.6 is 0 Å². The Morgan fingerprint density at radius 3 is 0.864 bits per heavy atom. The zero-order chi connectivity index (χ0) is 58.5. The molecule has 0 saturated carbocycles. The van der Waals surface area contributed by atoms with E-state index < -0.39 is 12.1 Å². The van der Waals surface area contributed by atoms with E-state index in [4.69, 9.17) is 14.2 Å². The van der Waals surface area contributed by atoms with Crippen molar-refractivity contribution in [3.63, 3.8) is 0 Å². The standard InChI is InChI=1S/C75H118O6/c1-4-7-10-13-16-19-22-25-28-30-32-34-35-36-37-38-39-41-42-44-47-50-53-56-59-62-65-68-74(77)80-71-72(70-79-73(76)67-64-61-58-55-52-49-46-27-24-21-18-15-12-9-6-3)81-75(78)69-66-63-60-57-54-51-48-45-43-40-33-31-29-26-23-20-17-14-11-8-5-2/h7,9-10,12,16,18-19,21,23,25-28,31-34,36-37,39,41,43,45-46,52,55,61,64,72H,4-6,8,11,13-15,17,20,22,24,29-30,35,38,40,42,44,47-51,53-54,56-60,62-63,65-71H2,1-3H3/b10-7-,12-9-,19-16-,21-18-,26-23-,28-25-,33-31-,34-32-,37-36-,41-39-,45-43-,46-27-,55-52-,64-61-. The van der Waals surface area contributed by atoms with Crippen LogP contribution in [-0.2, 0) is 28.6 Å². The lowest BCUT2D eigenvalue weighted by molar-refractivity contribution is -0.166. The lowest BCUT2D eigenvalue weighted by Crippen LogP contribution is -2.30. The van der Waals surface area contributed by atoms with Crippen LogP contribution in [0.5, 0.6) is 0 Å². The number of rotatable bonds is 57. The van der Waals surface area contributed by atoms with Crippen molar-refractivity contribution >= 4 is 17.9 Å². The molecule has 0 amide bonds. The van der Waals surface area contributed by atoms with E-state index in [9.17, 15) is 14.4 Å². The van der Waals surface area contributed by atoms with E-state index in [2.05, 4.69) is 179 Å². The van der Waals surface area contributed by atoms with Crippen molar-refractivity contribution in [1.82, 2.24) is 0 Å². The third-order valence-electron chi connectivity index (χ3n) is 13.2. The molecule has 6 heteroatoms. The number of allylic oxidation sites excluding steroid dienone is 27. The summed E-state index contributed by atoms with van der Waals surface area (Å²) in [6.45, 7) is 6.29. The Kier molecular flexibility index (Phi) is 62.9. The Balaban J connectivity index is 4.49. The van der Waals surface area contributed by atoms with Crippen molar-refractivity contribution < 1.29 is 28.6 Å². The zero-order valence-corrected chi connectivity index (χ0v) is 52.0. The molecule has 0 N–H and O–H groups in total. The average Bonchev–Trinajstić information content (AvgIpc) is 3.47. The molecule has 6 nitrogen and oxygen atoms in total. The number of carbonyl (C=O) groups excluding carboxylic acids is 3. The summed E-state index contributed by atoms with van der Waals surface area (Å²) in [5, 5.41) is 0. The molecule has 0 aliphatic heterocycles. The van der Waals surface area contributed by atoms with Crippen LogP contribution in [-0.4, -0.2) is 37.2 Å². The molecule has 0 aromatic carbocycles. The molecular formula is C75H118O6. The predicted molar refractivity (Wildman–Crippen MR) is 352 cm³/mol. The first-order valence-corrected chi connectivity index (χ1v) is 32.6. The maximum absolute atomic E-state index is 12.9. The number of carbonyl (C=O) groups is 3. The van der Waals surface area contributed by atoms with Crippen molar-refractivity contribution in [2.75, 3.05) is 13.2 Å². The summed E-state index contributed by atoms with van der Waals surface area (Å²) in [5.74, 6) is -1.08. The van der Waals surface area contributed by atoms with Crippen LogP contribution in [0.25, 0.3) is 0 Å². The maximum atomic E-state index is 12.9. The Labute approximate surface area is 498 Å². The van der Waals surface area contributed by atoms with E-state index in [0.29, 0.717) is 6.42 Å². The van der Waals surface area contributed by atoms with E-state index >= 15 is 0 Å². The van der Waals surface area contributed by atoms with Gasteiger partial charge in [0, 0.05) is 12.8 Å². The topological polar surface area (TPSA) is 78.9 Å². The second-order valence-electron chi connectivity index (χ2n) is 20.9. The Morgan fingerprint density at radius 1 is 0.272 bits per heavy atom. The smallest absolute Gasteiger partial charge is 0.309 e. The highest BCUT2D eigenvalue weighted by Crippen LogP contribution is 2.14. The van der Waals surface area contributed by atoms with Crippen LogP contribution in [0.3, 0.4) is 0 Å². The molecule has 0 saturated heterocycles. The fraction of sp³-hybridized carbons (Fsp3) is 0.587.